The molecule has 0 saturated carbocycles. The van der Waals surface area contributed by atoms with Gasteiger partial charge in [0.05, 0.1) is 18.5 Å². The summed E-state index contributed by atoms with van der Waals surface area (Å²) in [5.41, 5.74) is 2.04. The first-order valence-electron chi connectivity index (χ1n) is 6.37. The predicted octanol–water partition coefficient (Wildman–Crippen LogP) is 2.80. The molecule has 2 heterocycles. The second kappa shape index (κ2) is 6.60. The third-order valence-corrected chi connectivity index (χ3v) is 3.14. The topological polar surface area (TPSA) is 87.4 Å². The van der Waals surface area contributed by atoms with Crippen LogP contribution in [0.4, 0.5) is 10.5 Å². The average molecular weight is 310 g/mol. The summed E-state index contributed by atoms with van der Waals surface area (Å²) in [5.74, 6) is 0.390. The molecule has 7 heteroatoms. The van der Waals surface area contributed by atoms with E-state index in [0.29, 0.717) is 11.4 Å². The number of anilines is 1. The lowest BCUT2D eigenvalue weighted by atomic mass is 10.2. The van der Waals surface area contributed by atoms with Crippen LogP contribution in [0, 0.1) is 13.8 Å². The molecule has 0 radical (unpaired) electrons. The number of pyridine rings is 1. The average Bonchev–Trinajstić information content (AvgIpc) is 2.94. The van der Waals surface area contributed by atoms with Gasteiger partial charge in [-0.05, 0) is 37.6 Å². The van der Waals surface area contributed by atoms with Gasteiger partial charge >= 0.3 is 6.03 Å². The molecule has 0 fully saturated rings. The Morgan fingerprint density at radius 3 is 2.90 bits per heavy atom. The number of halogens is 1. The molecule has 0 aromatic carbocycles. The molecule has 2 aromatic heterocycles. The third kappa shape index (κ3) is 3.96. The van der Waals surface area contributed by atoms with Gasteiger partial charge in [0, 0.05) is 5.69 Å². The summed E-state index contributed by atoms with van der Waals surface area (Å²) in [4.78, 5) is 15.9. The van der Waals surface area contributed by atoms with Crippen molar-refractivity contribution in [2.45, 2.75) is 20.0 Å². The van der Waals surface area contributed by atoms with E-state index in [1.807, 2.05) is 19.9 Å². The summed E-state index contributed by atoms with van der Waals surface area (Å²) in [6, 6.07) is 4.64. The van der Waals surface area contributed by atoms with Gasteiger partial charge in [-0.1, -0.05) is 11.6 Å². The second-order valence-electron chi connectivity index (χ2n) is 4.61. The zero-order valence-electron chi connectivity index (χ0n) is 11.7. The highest BCUT2D eigenvalue weighted by atomic mass is 35.5. The molecular weight excluding hydrogens is 294 g/mol. The molecule has 0 aliphatic carbocycles. The van der Waals surface area contributed by atoms with Crippen molar-refractivity contribution >= 4 is 23.3 Å². The largest absolute Gasteiger partial charge is 0.467 e. The van der Waals surface area contributed by atoms with Gasteiger partial charge in [-0.3, -0.25) is 0 Å². The Kier molecular flexibility index (Phi) is 4.82. The number of carbonyl (C=O) groups is 1. The number of rotatable bonds is 4. The summed E-state index contributed by atoms with van der Waals surface area (Å²) in [6.07, 6.45) is 0.554. The first-order chi connectivity index (χ1) is 9.97. The van der Waals surface area contributed by atoms with Crippen LogP contribution in [0.25, 0.3) is 0 Å². The number of nitrogens with zero attached hydrogens (tertiary/aromatic N) is 1. The maximum Gasteiger partial charge on any atom is 0.319 e. The number of nitrogens with one attached hydrogen (secondary N) is 2. The summed E-state index contributed by atoms with van der Waals surface area (Å²) < 4.78 is 5.04. The molecule has 6 nitrogen and oxygen atoms in total. The normalized spacial score (nSPS) is 12.0. The zero-order chi connectivity index (χ0) is 15.4. The van der Waals surface area contributed by atoms with Crippen LogP contribution in [-0.2, 0) is 0 Å². The molecule has 0 spiro atoms. The van der Waals surface area contributed by atoms with E-state index in [9.17, 15) is 9.90 Å². The fourth-order valence-electron chi connectivity index (χ4n) is 1.87. The summed E-state index contributed by atoms with van der Waals surface area (Å²) >= 11 is 6.00. The van der Waals surface area contributed by atoms with Crippen LogP contribution in [-0.4, -0.2) is 22.7 Å². The molecule has 0 saturated heterocycles. The van der Waals surface area contributed by atoms with E-state index in [0.717, 1.165) is 11.3 Å². The number of aromatic nitrogens is 1. The summed E-state index contributed by atoms with van der Waals surface area (Å²) in [5, 5.41) is 15.2. The van der Waals surface area contributed by atoms with Gasteiger partial charge in [-0.15, -0.1) is 0 Å². The molecule has 1 unspecified atom stereocenters. The molecule has 2 aromatic rings. The maximum atomic E-state index is 11.8. The fourth-order valence-corrected chi connectivity index (χ4v) is 2.20. The lowest BCUT2D eigenvalue weighted by Gasteiger charge is -2.13. The summed E-state index contributed by atoms with van der Waals surface area (Å²) in [7, 11) is 0. The van der Waals surface area contributed by atoms with Crippen molar-refractivity contribution in [2.75, 3.05) is 11.9 Å². The van der Waals surface area contributed by atoms with Crippen LogP contribution in [0.5, 0.6) is 0 Å². The van der Waals surface area contributed by atoms with Gasteiger partial charge in [-0.2, -0.15) is 0 Å². The third-order valence-electron chi connectivity index (χ3n) is 2.87. The number of carbonyl (C=O) groups excluding carboxylic acids is 1. The Bertz CT molecular complexity index is 605. The molecule has 3 N–H and O–H groups in total. The van der Waals surface area contributed by atoms with Crippen LogP contribution >= 0.6 is 11.6 Å². The first-order valence-corrected chi connectivity index (χ1v) is 6.75. The predicted molar refractivity (Wildman–Crippen MR) is 79.4 cm³/mol. The molecule has 0 aliphatic heterocycles. The Balaban J connectivity index is 1.93. The van der Waals surface area contributed by atoms with Crippen molar-refractivity contribution in [3.63, 3.8) is 0 Å². The first kappa shape index (κ1) is 15.3. The van der Waals surface area contributed by atoms with Crippen molar-refractivity contribution < 1.29 is 14.3 Å². The maximum absolute atomic E-state index is 11.8. The van der Waals surface area contributed by atoms with Crippen molar-refractivity contribution in [2.24, 2.45) is 0 Å². The minimum Gasteiger partial charge on any atom is -0.467 e. The molecule has 2 rings (SSSR count). The fraction of sp³-hybridized carbons (Fsp3) is 0.286. The van der Waals surface area contributed by atoms with Gasteiger partial charge in [0.25, 0.3) is 0 Å². The van der Waals surface area contributed by atoms with Gasteiger partial charge in [0.2, 0.25) is 0 Å². The van der Waals surface area contributed by atoms with E-state index < -0.39 is 12.1 Å². The molecule has 1 atom stereocenters. The van der Waals surface area contributed by atoms with Crippen LogP contribution in [0.1, 0.15) is 23.1 Å². The van der Waals surface area contributed by atoms with Gasteiger partial charge in [-0.25, -0.2) is 9.78 Å². The number of urea groups is 1. The van der Waals surface area contributed by atoms with Crippen molar-refractivity contribution in [1.82, 2.24) is 10.3 Å². The Morgan fingerprint density at radius 2 is 2.29 bits per heavy atom. The van der Waals surface area contributed by atoms with E-state index in [1.54, 1.807) is 12.1 Å². The van der Waals surface area contributed by atoms with E-state index >= 15 is 0 Å². The minimum atomic E-state index is -0.904. The Labute approximate surface area is 127 Å². The molecule has 21 heavy (non-hydrogen) atoms. The molecule has 2 amide bonds. The van der Waals surface area contributed by atoms with Gasteiger partial charge < -0.3 is 20.2 Å². The number of aliphatic hydroxyl groups excluding tert-OH is 1. The Hall–Kier alpha value is -2.05. The highest BCUT2D eigenvalue weighted by Gasteiger charge is 2.14. The van der Waals surface area contributed by atoms with Crippen molar-refractivity contribution in [3.05, 3.63) is 46.6 Å². The van der Waals surface area contributed by atoms with Crippen LogP contribution in [0.3, 0.4) is 0 Å². The van der Waals surface area contributed by atoms with Crippen LogP contribution in [0.2, 0.25) is 5.15 Å². The van der Waals surface area contributed by atoms with Crippen LogP contribution < -0.4 is 10.6 Å². The molecule has 112 valence electrons. The monoisotopic (exact) mass is 309 g/mol. The van der Waals surface area contributed by atoms with E-state index in [2.05, 4.69) is 15.6 Å². The Morgan fingerprint density at radius 1 is 1.52 bits per heavy atom. The number of amides is 2. The number of aliphatic hydroxyl groups is 1. The number of hydrogen-bond donors (Lipinski definition) is 3. The van der Waals surface area contributed by atoms with Gasteiger partial charge in [0.15, 0.2) is 5.15 Å². The van der Waals surface area contributed by atoms with Crippen LogP contribution in [0.15, 0.2) is 28.9 Å². The number of furan rings is 1. The summed E-state index contributed by atoms with van der Waals surface area (Å²) in [6.45, 7) is 3.67. The van der Waals surface area contributed by atoms with E-state index in [-0.39, 0.29) is 11.7 Å². The minimum absolute atomic E-state index is 0.0231. The van der Waals surface area contributed by atoms with Gasteiger partial charge in [0.1, 0.15) is 11.9 Å². The van der Waals surface area contributed by atoms with Crippen molar-refractivity contribution in [1.29, 1.82) is 0 Å². The highest BCUT2D eigenvalue weighted by molar-refractivity contribution is 6.32. The zero-order valence-corrected chi connectivity index (χ0v) is 12.4. The molecule has 0 bridgehead atoms. The lowest BCUT2D eigenvalue weighted by molar-refractivity contribution is 0.149. The number of hydrogen-bond acceptors (Lipinski definition) is 4. The SMILES string of the molecule is Cc1cc(C)c(NC(=O)NCC(O)c2ccco2)c(Cl)n1. The highest BCUT2D eigenvalue weighted by Crippen LogP contribution is 2.24. The molecule has 0 aliphatic rings. The standard InChI is InChI=1S/C14H16ClN3O3/c1-8-6-9(2)17-13(15)12(8)18-14(20)16-7-10(19)11-4-3-5-21-11/h3-6,10,19H,7H2,1-2H3,(H2,16,18,20). The van der Waals surface area contributed by atoms with E-state index in [4.69, 9.17) is 16.0 Å². The second-order valence-corrected chi connectivity index (χ2v) is 4.97. The van der Waals surface area contributed by atoms with Crippen molar-refractivity contribution in [3.8, 4) is 0 Å². The quantitative estimate of drug-likeness (QED) is 0.758. The number of aryl methyl sites for hydroxylation is 2. The molecular formula is C14H16ClN3O3. The smallest absolute Gasteiger partial charge is 0.319 e. The lowest BCUT2D eigenvalue weighted by Crippen LogP contribution is -2.32. The van der Waals surface area contributed by atoms with E-state index in [1.165, 1.54) is 6.26 Å².